The van der Waals surface area contributed by atoms with Crippen LogP contribution in [0, 0.1) is 12.8 Å². The number of aryl methyl sites for hydroxylation is 1. The Hall–Kier alpha value is -1.02. The van der Waals surface area contributed by atoms with Crippen LogP contribution in [0.1, 0.15) is 62.6 Å². The monoisotopic (exact) mass is 259 g/mol. The molecular formula is C17H25NO. The molecule has 3 unspecified atom stereocenters. The first-order valence-electron chi connectivity index (χ1n) is 7.63. The second-order valence-corrected chi connectivity index (χ2v) is 6.67. The van der Waals surface area contributed by atoms with E-state index in [4.69, 9.17) is 10.5 Å². The van der Waals surface area contributed by atoms with Gasteiger partial charge in [0.2, 0.25) is 0 Å². The molecule has 1 fully saturated rings. The fourth-order valence-electron chi connectivity index (χ4n) is 3.69. The Morgan fingerprint density at radius 2 is 2.11 bits per heavy atom. The summed E-state index contributed by atoms with van der Waals surface area (Å²) in [5.41, 5.74) is 8.90. The minimum atomic E-state index is 0.00638. The minimum absolute atomic E-state index is 0.00638. The van der Waals surface area contributed by atoms with Crippen molar-refractivity contribution >= 4 is 0 Å². The number of nitrogens with two attached hydrogens (primary N) is 1. The normalized spacial score (nSPS) is 34.5. The van der Waals surface area contributed by atoms with Crippen molar-refractivity contribution < 1.29 is 4.74 Å². The van der Waals surface area contributed by atoms with Gasteiger partial charge in [-0.05, 0) is 44.6 Å². The molecule has 1 spiro atoms. The molecule has 0 amide bonds. The van der Waals surface area contributed by atoms with Crippen LogP contribution in [0.3, 0.4) is 0 Å². The summed E-state index contributed by atoms with van der Waals surface area (Å²) in [5.74, 6) is 1.86. The molecule has 0 bridgehead atoms. The third-order valence-corrected chi connectivity index (χ3v) is 4.91. The molecule has 3 rings (SSSR count). The van der Waals surface area contributed by atoms with E-state index in [1.807, 2.05) is 0 Å². The van der Waals surface area contributed by atoms with E-state index in [-0.39, 0.29) is 11.6 Å². The van der Waals surface area contributed by atoms with Crippen molar-refractivity contribution in [3.05, 3.63) is 29.3 Å². The fourth-order valence-corrected chi connectivity index (χ4v) is 3.69. The molecule has 1 aromatic rings. The van der Waals surface area contributed by atoms with Crippen LogP contribution in [0.25, 0.3) is 0 Å². The summed E-state index contributed by atoms with van der Waals surface area (Å²) in [5, 5.41) is 0. The maximum atomic E-state index is 6.43. The summed E-state index contributed by atoms with van der Waals surface area (Å²) in [4.78, 5) is 0. The molecule has 2 aliphatic rings. The van der Waals surface area contributed by atoms with Crippen LogP contribution < -0.4 is 10.5 Å². The van der Waals surface area contributed by atoms with Crippen molar-refractivity contribution in [2.24, 2.45) is 11.7 Å². The van der Waals surface area contributed by atoms with Gasteiger partial charge in [0.05, 0.1) is 0 Å². The Kier molecular flexibility index (Phi) is 3.30. The van der Waals surface area contributed by atoms with Gasteiger partial charge in [-0.1, -0.05) is 31.0 Å². The van der Waals surface area contributed by atoms with Crippen LogP contribution in [0.15, 0.2) is 18.2 Å². The Labute approximate surface area is 116 Å². The lowest BCUT2D eigenvalue weighted by Crippen LogP contribution is -2.42. The first kappa shape index (κ1) is 13.0. The summed E-state index contributed by atoms with van der Waals surface area (Å²) in [6.45, 7) is 4.48. The molecule has 0 aromatic heterocycles. The van der Waals surface area contributed by atoms with Gasteiger partial charge in [-0.25, -0.2) is 0 Å². The van der Waals surface area contributed by atoms with E-state index >= 15 is 0 Å². The first-order valence-corrected chi connectivity index (χ1v) is 7.63. The van der Waals surface area contributed by atoms with Crippen molar-refractivity contribution in [3.8, 4) is 5.75 Å². The lowest BCUT2D eigenvalue weighted by Gasteiger charge is -2.41. The third kappa shape index (κ3) is 2.51. The SMILES string of the molecule is Cc1ccc2c(c1)C(N)CC1(CCCC(C)CC1)O2. The molecule has 0 saturated heterocycles. The molecule has 1 aliphatic carbocycles. The van der Waals surface area contributed by atoms with Crippen molar-refractivity contribution in [2.75, 3.05) is 0 Å². The average molecular weight is 259 g/mol. The topological polar surface area (TPSA) is 35.2 Å². The highest BCUT2D eigenvalue weighted by Gasteiger charge is 2.40. The first-order chi connectivity index (χ1) is 9.08. The highest BCUT2D eigenvalue weighted by Crippen LogP contribution is 2.45. The van der Waals surface area contributed by atoms with E-state index in [9.17, 15) is 0 Å². The van der Waals surface area contributed by atoms with Gasteiger partial charge in [-0.2, -0.15) is 0 Å². The molecule has 19 heavy (non-hydrogen) atoms. The van der Waals surface area contributed by atoms with E-state index in [1.165, 1.54) is 36.8 Å². The Morgan fingerprint density at radius 1 is 1.26 bits per heavy atom. The standard InChI is InChI=1S/C17H25NO/c1-12-4-3-8-17(9-7-12)11-15(18)14-10-13(2)5-6-16(14)19-17/h5-6,10,12,15H,3-4,7-9,11,18H2,1-2H3. The maximum Gasteiger partial charge on any atom is 0.124 e. The van der Waals surface area contributed by atoms with Crippen LogP contribution >= 0.6 is 0 Å². The van der Waals surface area contributed by atoms with E-state index in [0.717, 1.165) is 24.5 Å². The molecule has 1 aromatic carbocycles. The summed E-state index contributed by atoms with van der Waals surface area (Å²) in [7, 11) is 0. The van der Waals surface area contributed by atoms with Gasteiger partial charge in [0.15, 0.2) is 0 Å². The average Bonchev–Trinajstić information content (AvgIpc) is 2.54. The number of hydrogen-bond donors (Lipinski definition) is 1. The molecular weight excluding hydrogens is 234 g/mol. The van der Waals surface area contributed by atoms with Gasteiger partial charge in [0, 0.05) is 18.0 Å². The number of hydrogen-bond acceptors (Lipinski definition) is 2. The highest BCUT2D eigenvalue weighted by atomic mass is 16.5. The Morgan fingerprint density at radius 3 is 2.95 bits per heavy atom. The summed E-state index contributed by atoms with van der Waals surface area (Å²) < 4.78 is 6.43. The lowest BCUT2D eigenvalue weighted by molar-refractivity contribution is 0.0205. The third-order valence-electron chi connectivity index (χ3n) is 4.91. The number of benzene rings is 1. The zero-order valence-corrected chi connectivity index (χ0v) is 12.1. The van der Waals surface area contributed by atoms with E-state index in [2.05, 4.69) is 32.0 Å². The van der Waals surface area contributed by atoms with Crippen LogP contribution in [-0.2, 0) is 0 Å². The molecule has 1 aliphatic heterocycles. The number of fused-ring (bicyclic) bond motifs is 1. The Bertz CT molecular complexity index is 470. The van der Waals surface area contributed by atoms with Crippen LogP contribution in [0.2, 0.25) is 0 Å². The molecule has 104 valence electrons. The summed E-state index contributed by atoms with van der Waals surface area (Å²) >= 11 is 0. The van der Waals surface area contributed by atoms with Gasteiger partial charge < -0.3 is 10.5 Å². The quantitative estimate of drug-likeness (QED) is 0.760. The molecule has 3 atom stereocenters. The highest BCUT2D eigenvalue weighted by molar-refractivity contribution is 5.41. The van der Waals surface area contributed by atoms with E-state index in [1.54, 1.807) is 0 Å². The van der Waals surface area contributed by atoms with Crippen molar-refractivity contribution in [1.29, 1.82) is 0 Å². The minimum Gasteiger partial charge on any atom is -0.487 e. The zero-order chi connectivity index (χ0) is 13.5. The van der Waals surface area contributed by atoms with Crippen molar-refractivity contribution in [1.82, 2.24) is 0 Å². The molecule has 1 saturated carbocycles. The van der Waals surface area contributed by atoms with Gasteiger partial charge in [-0.3, -0.25) is 0 Å². The van der Waals surface area contributed by atoms with E-state index < -0.39 is 0 Å². The fraction of sp³-hybridized carbons (Fsp3) is 0.647. The van der Waals surface area contributed by atoms with E-state index in [0.29, 0.717) is 0 Å². The van der Waals surface area contributed by atoms with Crippen LogP contribution in [0.5, 0.6) is 5.75 Å². The molecule has 2 N–H and O–H groups in total. The second-order valence-electron chi connectivity index (χ2n) is 6.67. The van der Waals surface area contributed by atoms with Crippen molar-refractivity contribution in [3.63, 3.8) is 0 Å². The second kappa shape index (κ2) is 4.82. The van der Waals surface area contributed by atoms with Gasteiger partial charge in [-0.15, -0.1) is 0 Å². The van der Waals surface area contributed by atoms with Crippen molar-refractivity contribution in [2.45, 2.75) is 64.0 Å². The molecule has 0 radical (unpaired) electrons. The Balaban J connectivity index is 1.89. The number of rotatable bonds is 0. The summed E-state index contributed by atoms with van der Waals surface area (Å²) in [6, 6.07) is 6.56. The lowest BCUT2D eigenvalue weighted by atomic mass is 9.82. The molecule has 2 nitrogen and oxygen atoms in total. The largest absolute Gasteiger partial charge is 0.487 e. The van der Waals surface area contributed by atoms with Crippen LogP contribution in [0.4, 0.5) is 0 Å². The number of ether oxygens (including phenoxy) is 1. The van der Waals surface area contributed by atoms with Gasteiger partial charge in [0.25, 0.3) is 0 Å². The van der Waals surface area contributed by atoms with Gasteiger partial charge in [0.1, 0.15) is 11.4 Å². The smallest absolute Gasteiger partial charge is 0.124 e. The summed E-state index contributed by atoms with van der Waals surface area (Å²) in [6.07, 6.45) is 7.19. The molecule has 2 heteroatoms. The molecule has 1 heterocycles. The zero-order valence-electron chi connectivity index (χ0n) is 12.1. The van der Waals surface area contributed by atoms with Crippen LogP contribution in [-0.4, -0.2) is 5.60 Å². The maximum absolute atomic E-state index is 6.43. The predicted octanol–water partition coefficient (Wildman–Crippen LogP) is 4.12. The van der Waals surface area contributed by atoms with Gasteiger partial charge >= 0.3 is 0 Å². The predicted molar refractivity (Wildman–Crippen MR) is 78.3 cm³/mol.